The van der Waals surface area contributed by atoms with Crippen molar-refractivity contribution < 1.29 is 0 Å². The van der Waals surface area contributed by atoms with Crippen molar-refractivity contribution in [2.24, 2.45) is 0 Å². The summed E-state index contributed by atoms with van der Waals surface area (Å²) in [7, 11) is 0. The van der Waals surface area contributed by atoms with E-state index >= 15 is 0 Å². The Morgan fingerprint density at radius 3 is 1.86 bits per heavy atom. The van der Waals surface area contributed by atoms with E-state index in [0.717, 1.165) is 37.1 Å². The largest absolute Gasteiger partial charge is 0.257 e. The van der Waals surface area contributed by atoms with E-state index < -0.39 is 0 Å². The third-order valence-electron chi connectivity index (χ3n) is 6.18. The maximum atomic E-state index is 6.53. The van der Waals surface area contributed by atoms with Gasteiger partial charge in [0.2, 0.25) is 0 Å². The fourth-order valence-corrected chi connectivity index (χ4v) is 4.94. The van der Waals surface area contributed by atoms with Crippen molar-refractivity contribution in [1.29, 1.82) is 0 Å². The number of rotatable bonds is 4. The summed E-state index contributed by atoms with van der Waals surface area (Å²) >= 11 is 6.53. The average Bonchev–Trinajstić information content (AvgIpc) is 3.46. The molecule has 5 heteroatoms. The van der Waals surface area contributed by atoms with E-state index in [-0.39, 0.29) is 11.1 Å². The highest BCUT2D eigenvalue weighted by Gasteiger charge is 2.46. The van der Waals surface area contributed by atoms with Crippen LogP contribution >= 0.6 is 11.6 Å². The normalized spacial score (nSPS) is 26.7. The molecule has 0 saturated carbocycles. The molecule has 0 spiro atoms. The molecule has 2 unspecified atom stereocenters. The van der Waals surface area contributed by atoms with Crippen molar-refractivity contribution in [1.82, 2.24) is 21.7 Å². The predicted molar refractivity (Wildman–Crippen MR) is 116 cm³/mol. The Balaban J connectivity index is 1.76. The third kappa shape index (κ3) is 3.08. The first kappa shape index (κ1) is 18.8. The molecule has 2 aliphatic rings. The molecule has 29 heavy (non-hydrogen) atoms. The molecule has 1 radical (unpaired) electrons. The van der Waals surface area contributed by atoms with E-state index in [1.807, 2.05) is 6.07 Å². The van der Waals surface area contributed by atoms with Gasteiger partial charge in [-0.3, -0.25) is 10.9 Å². The summed E-state index contributed by atoms with van der Waals surface area (Å²) in [4.78, 5) is 0. The van der Waals surface area contributed by atoms with E-state index in [1.165, 1.54) is 11.1 Å². The van der Waals surface area contributed by atoms with E-state index in [0.29, 0.717) is 5.02 Å². The maximum Gasteiger partial charge on any atom is 0.0843 e. The topological polar surface area (TPSA) is 48.1 Å². The molecule has 0 aromatic heterocycles. The Morgan fingerprint density at radius 2 is 1.31 bits per heavy atom. The Kier molecular flexibility index (Phi) is 4.90. The van der Waals surface area contributed by atoms with Crippen LogP contribution in [-0.4, -0.2) is 13.1 Å². The number of halogens is 1. The van der Waals surface area contributed by atoms with E-state index in [9.17, 15) is 0 Å². The molecule has 4 N–H and O–H groups in total. The van der Waals surface area contributed by atoms with Gasteiger partial charge in [0.05, 0.1) is 11.1 Å². The van der Waals surface area contributed by atoms with Gasteiger partial charge in [0.25, 0.3) is 0 Å². The van der Waals surface area contributed by atoms with E-state index in [4.69, 9.17) is 11.6 Å². The summed E-state index contributed by atoms with van der Waals surface area (Å²) in [6, 6.07) is 28.7. The second-order valence-corrected chi connectivity index (χ2v) is 8.19. The van der Waals surface area contributed by atoms with Gasteiger partial charge in [0.15, 0.2) is 0 Å². The van der Waals surface area contributed by atoms with Crippen LogP contribution in [0.15, 0.2) is 72.8 Å². The van der Waals surface area contributed by atoms with Gasteiger partial charge in [-0.2, -0.15) is 0 Å². The Labute approximate surface area is 176 Å². The van der Waals surface area contributed by atoms with Gasteiger partial charge in [-0.25, -0.2) is 10.9 Å². The fraction of sp³-hybridized carbons (Fsp3) is 0.250. The lowest BCUT2D eigenvalue weighted by atomic mass is 9.72. The Morgan fingerprint density at radius 1 is 0.759 bits per heavy atom. The van der Waals surface area contributed by atoms with Crippen molar-refractivity contribution in [3.63, 3.8) is 0 Å². The van der Waals surface area contributed by atoms with Crippen LogP contribution in [0.5, 0.6) is 0 Å². The SMILES string of the molecule is Clc1c[c]c(C2(c3ccccc3)CCNN2)c(C2(c3ccccc3)CCNN2)c1. The number of benzene rings is 3. The predicted octanol–water partition coefficient (Wildman–Crippen LogP) is 3.62. The van der Waals surface area contributed by atoms with Crippen LogP contribution in [0.4, 0.5) is 0 Å². The molecule has 2 aliphatic heterocycles. The molecule has 5 rings (SSSR count). The lowest BCUT2D eigenvalue weighted by Crippen LogP contribution is -2.48. The molecule has 0 amide bonds. The van der Waals surface area contributed by atoms with Gasteiger partial charge in [-0.05, 0) is 53.3 Å². The smallest absolute Gasteiger partial charge is 0.0843 e. The first-order valence-electron chi connectivity index (χ1n) is 10.1. The van der Waals surface area contributed by atoms with Crippen LogP contribution < -0.4 is 21.7 Å². The van der Waals surface area contributed by atoms with Gasteiger partial charge in [-0.15, -0.1) is 0 Å². The second-order valence-electron chi connectivity index (χ2n) is 7.75. The highest BCUT2D eigenvalue weighted by Crippen LogP contribution is 2.44. The lowest BCUT2D eigenvalue weighted by Gasteiger charge is -2.38. The zero-order valence-corrected chi connectivity index (χ0v) is 16.9. The van der Waals surface area contributed by atoms with Crippen LogP contribution in [0.3, 0.4) is 0 Å². The van der Waals surface area contributed by atoms with E-state index in [1.54, 1.807) is 0 Å². The quantitative estimate of drug-likeness (QED) is 0.537. The minimum absolute atomic E-state index is 0.368. The highest BCUT2D eigenvalue weighted by molar-refractivity contribution is 6.30. The molecule has 2 saturated heterocycles. The molecular weight excluding hydrogens is 380 g/mol. The van der Waals surface area contributed by atoms with Crippen LogP contribution in [0.25, 0.3) is 0 Å². The first-order valence-corrected chi connectivity index (χ1v) is 10.5. The van der Waals surface area contributed by atoms with Crippen molar-refractivity contribution >= 4 is 11.6 Å². The Bertz CT molecular complexity index is 978. The van der Waals surface area contributed by atoms with Crippen molar-refractivity contribution in [2.45, 2.75) is 23.9 Å². The monoisotopic (exact) mass is 403 g/mol. The summed E-state index contributed by atoms with van der Waals surface area (Å²) in [5, 5.41) is 0.696. The van der Waals surface area contributed by atoms with Gasteiger partial charge < -0.3 is 0 Å². The minimum Gasteiger partial charge on any atom is -0.257 e. The van der Waals surface area contributed by atoms with Crippen LogP contribution in [0.1, 0.15) is 35.1 Å². The van der Waals surface area contributed by atoms with Crippen molar-refractivity contribution in [2.75, 3.05) is 13.1 Å². The van der Waals surface area contributed by atoms with Gasteiger partial charge in [0.1, 0.15) is 0 Å². The first-order chi connectivity index (χ1) is 14.2. The standard InChI is InChI=1S/C24H24ClN4/c25-20-11-12-21(23(13-15-26-28-23)18-7-3-1-4-8-18)22(17-20)24(14-16-27-29-24)19-9-5-2-6-10-19/h1-11,17,26-29H,13-16H2. The average molecular weight is 404 g/mol. The van der Waals surface area contributed by atoms with Crippen LogP contribution in [-0.2, 0) is 11.1 Å². The summed E-state index contributed by atoms with van der Waals surface area (Å²) in [5.74, 6) is 0. The molecule has 0 bridgehead atoms. The van der Waals surface area contributed by atoms with Crippen molar-refractivity contribution in [3.8, 4) is 0 Å². The molecule has 4 nitrogen and oxygen atoms in total. The second kappa shape index (κ2) is 7.56. The molecule has 3 aromatic carbocycles. The molecule has 2 fully saturated rings. The molecule has 2 heterocycles. The number of hydrogen-bond donors (Lipinski definition) is 4. The van der Waals surface area contributed by atoms with Crippen LogP contribution in [0, 0.1) is 6.07 Å². The zero-order valence-electron chi connectivity index (χ0n) is 16.1. The van der Waals surface area contributed by atoms with Gasteiger partial charge in [-0.1, -0.05) is 72.3 Å². The molecule has 0 aliphatic carbocycles. The minimum atomic E-state index is -0.371. The summed E-state index contributed by atoms with van der Waals surface area (Å²) in [6.45, 7) is 1.76. The summed E-state index contributed by atoms with van der Waals surface area (Å²) in [6.07, 6.45) is 1.86. The highest BCUT2D eigenvalue weighted by atomic mass is 35.5. The number of hydrazine groups is 2. The number of nitrogens with one attached hydrogen (secondary N) is 4. The summed E-state index contributed by atoms with van der Waals surface area (Å²) < 4.78 is 0. The number of hydrogen-bond acceptors (Lipinski definition) is 4. The lowest BCUT2D eigenvalue weighted by molar-refractivity contribution is 0.401. The van der Waals surface area contributed by atoms with Gasteiger partial charge >= 0.3 is 0 Å². The summed E-state index contributed by atoms with van der Waals surface area (Å²) in [5.41, 5.74) is 17.9. The molecule has 3 aromatic rings. The Hall–Kier alpha value is -2.21. The maximum absolute atomic E-state index is 6.53. The third-order valence-corrected chi connectivity index (χ3v) is 6.40. The molecular formula is C24H24ClN4. The van der Waals surface area contributed by atoms with E-state index in [2.05, 4.69) is 94.5 Å². The van der Waals surface area contributed by atoms with Crippen molar-refractivity contribution in [3.05, 3.63) is 106 Å². The molecule has 147 valence electrons. The van der Waals surface area contributed by atoms with Gasteiger partial charge in [0, 0.05) is 18.1 Å². The van der Waals surface area contributed by atoms with Crippen LogP contribution in [0.2, 0.25) is 5.02 Å². The fourth-order valence-electron chi connectivity index (χ4n) is 4.78. The molecule has 2 atom stereocenters. The zero-order chi connectivity index (χ0) is 19.7.